The second-order valence-electron chi connectivity index (χ2n) is 7.27. The molecule has 1 atom stereocenters. The molecule has 7 nitrogen and oxygen atoms in total. The summed E-state index contributed by atoms with van der Waals surface area (Å²) in [5.41, 5.74) is 3.50. The highest BCUT2D eigenvalue weighted by atomic mass is 16.5. The molecule has 2 aromatic rings. The van der Waals surface area contributed by atoms with Gasteiger partial charge in [0.15, 0.2) is 12.4 Å². The zero-order chi connectivity index (χ0) is 21.8. The molecule has 7 heteroatoms. The molecule has 0 saturated carbocycles. The number of carbonyl (C=O) groups is 4. The molecular weight excluding hydrogens is 386 g/mol. The predicted molar refractivity (Wildman–Crippen MR) is 109 cm³/mol. The van der Waals surface area contributed by atoms with E-state index in [2.05, 4.69) is 4.74 Å². The summed E-state index contributed by atoms with van der Waals surface area (Å²) in [6.07, 6.45) is 0.00934. The monoisotopic (exact) mass is 409 g/mol. The first-order chi connectivity index (χ1) is 14.3. The number of hydrogen-bond donors (Lipinski definition) is 0. The lowest BCUT2D eigenvalue weighted by Crippen LogP contribution is -2.27. The number of Topliss-reactive ketones (excluding diaryl/α,β-unsaturated/α-hetero) is 1. The van der Waals surface area contributed by atoms with Gasteiger partial charge >= 0.3 is 11.9 Å². The van der Waals surface area contributed by atoms with E-state index < -0.39 is 17.9 Å². The number of ketones is 1. The largest absolute Gasteiger partial charge is 0.465 e. The number of carbonyl (C=O) groups excluding carboxylic acids is 4. The maximum Gasteiger partial charge on any atom is 0.337 e. The van der Waals surface area contributed by atoms with Crippen molar-refractivity contribution in [3.63, 3.8) is 0 Å². The first-order valence-electron chi connectivity index (χ1n) is 9.56. The maximum atomic E-state index is 12.4. The lowest BCUT2D eigenvalue weighted by atomic mass is 10.0. The SMILES string of the molecule is COC(=O)c1ccc(N2C[C@H](C(=O)OCC(=O)c3ccc(C)c(C)c3)CC2=O)cc1. The van der Waals surface area contributed by atoms with E-state index in [9.17, 15) is 19.2 Å². The van der Waals surface area contributed by atoms with E-state index in [1.165, 1.54) is 12.0 Å². The average molecular weight is 409 g/mol. The zero-order valence-corrected chi connectivity index (χ0v) is 17.1. The third kappa shape index (κ3) is 4.56. The van der Waals surface area contributed by atoms with Crippen LogP contribution in [0.15, 0.2) is 42.5 Å². The Morgan fingerprint density at radius 3 is 2.30 bits per heavy atom. The van der Waals surface area contributed by atoms with Crippen molar-refractivity contribution >= 4 is 29.3 Å². The van der Waals surface area contributed by atoms with Crippen LogP contribution in [0.5, 0.6) is 0 Å². The van der Waals surface area contributed by atoms with Gasteiger partial charge in [-0.05, 0) is 55.3 Å². The fourth-order valence-electron chi connectivity index (χ4n) is 3.26. The molecule has 1 aliphatic heterocycles. The Bertz CT molecular complexity index is 995. The van der Waals surface area contributed by atoms with E-state index in [-0.39, 0.29) is 31.3 Å². The standard InChI is InChI=1S/C23H23NO6/c1-14-4-5-17(10-15(14)2)20(25)13-30-23(28)18-11-21(26)24(12-18)19-8-6-16(7-9-19)22(27)29-3/h4-10,18H,11-13H2,1-3H3/t18-/m1/s1. The summed E-state index contributed by atoms with van der Waals surface area (Å²) in [6.45, 7) is 3.66. The molecule has 0 aliphatic carbocycles. The molecule has 3 rings (SSSR count). The molecular formula is C23H23NO6. The Morgan fingerprint density at radius 1 is 1.00 bits per heavy atom. The van der Waals surface area contributed by atoms with Crippen molar-refractivity contribution in [3.05, 3.63) is 64.7 Å². The quantitative estimate of drug-likeness (QED) is 0.538. The molecule has 156 valence electrons. The minimum Gasteiger partial charge on any atom is -0.465 e. The van der Waals surface area contributed by atoms with Gasteiger partial charge < -0.3 is 14.4 Å². The van der Waals surface area contributed by atoms with Gasteiger partial charge in [-0.15, -0.1) is 0 Å². The van der Waals surface area contributed by atoms with E-state index in [0.29, 0.717) is 16.8 Å². The van der Waals surface area contributed by atoms with Gasteiger partial charge in [0.2, 0.25) is 5.91 Å². The van der Waals surface area contributed by atoms with Gasteiger partial charge in [0.1, 0.15) is 0 Å². The summed E-state index contributed by atoms with van der Waals surface area (Å²) in [7, 11) is 1.29. The number of methoxy groups -OCH3 is 1. The Balaban J connectivity index is 1.58. The van der Waals surface area contributed by atoms with Crippen LogP contribution in [0.3, 0.4) is 0 Å². The lowest BCUT2D eigenvalue weighted by Gasteiger charge is -2.16. The van der Waals surface area contributed by atoms with Gasteiger partial charge in [-0.3, -0.25) is 14.4 Å². The molecule has 0 N–H and O–H groups in total. The Kier molecular flexibility index (Phi) is 6.30. The van der Waals surface area contributed by atoms with Crippen LogP contribution >= 0.6 is 0 Å². The van der Waals surface area contributed by atoms with E-state index >= 15 is 0 Å². The van der Waals surface area contributed by atoms with Crippen LogP contribution in [0.2, 0.25) is 0 Å². The molecule has 0 spiro atoms. The Hall–Kier alpha value is -3.48. The van der Waals surface area contributed by atoms with Crippen LogP contribution in [0.1, 0.15) is 38.3 Å². The van der Waals surface area contributed by atoms with Crippen molar-refractivity contribution in [2.75, 3.05) is 25.2 Å². The van der Waals surface area contributed by atoms with Crippen LogP contribution in [-0.2, 0) is 19.1 Å². The molecule has 1 saturated heterocycles. The van der Waals surface area contributed by atoms with Crippen LogP contribution in [0.25, 0.3) is 0 Å². The lowest BCUT2D eigenvalue weighted by molar-refractivity contribution is -0.147. The summed E-state index contributed by atoms with van der Waals surface area (Å²) in [5, 5.41) is 0. The molecule has 1 amide bonds. The van der Waals surface area contributed by atoms with Crippen molar-refractivity contribution in [1.82, 2.24) is 0 Å². The molecule has 1 heterocycles. The zero-order valence-electron chi connectivity index (χ0n) is 17.1. The van der Waals surface area contributed by atoms with Gasteiger partial charge in [-0.25, -0.2) is 4.79 Å². The normalized spacial score (nSPS) is 15.8. The number of benzene rings is 2. The van der Waals surface area contributed by atoms with E-state index in [4.69, 9.17) is 4.74 Å². The van der Waals surface area contributed by atoms with Crippen molar-refractivity contribution in [1.29, 1.82) is 0 Å². The Morgan fingerprint density at radius 2 is 1.67 bits per heavy atom. The topological polar surface area (TPSA) is 90.0 Å². The molecule has 0 radical (unpaired) electrons. The highest BCUT2D eigenvalue weighted by Gasteiger charge is 2.36. The fourth-order valence-corrected chi connectivity index (χ4v) is 3.26. The summed E-state index contributed by atoms with van der Waals surface area (Å²) < 4.78 is 9.83. The summed E-state index contributed by atoms with van der Waals surface area (Å²) in [4.78, 5) is 50.0. The second-order valence-corrected chi connectivity index (χ2v) is 7.27. The number of amides is 1. The minimum absolute atomic E-state index is 0.00934. The maximum absolute atomic E-state index is 12.4. The number of aryl methyl sites for hydroxylation is 2. The van der Waals surface area contributed by atoms with Gasteiger partial charge in [0.25, 0.3) is 0 Å². The second kappa shape index (κ2) is 8.90. The summed E-state index contributed by atoms with van der Waals surface area (Å²) in [5.74, 6) is -2.20. The number of nitrogens with zero attached hydrogens (tertiary/aromatic N) is 1. The molecule has 0 unspecified atom stereocenters. The van der Waals surface area contributed by atoms with Gasteiger partial charge in [-0.2, -0.15) is 0 Å². The molecule has 0 bridgehead atoms. The highest BCUT2D eigenvalue weighted by molar-refractivity contribution is 6.01. The number of anilines is 1. The number of esters is 2. The number of rotatable bonds is 6. The first-order valence-corrected chi connectivity index (χ1v) is 9.56. The van der Waals surface area contributed by atoms with Gasteiger partial charge in [0, 0.05) is 24.2 Å². The highest BCUT2D eigenvalue weighted by Crippen LogP contribution is 2.26. The molecule has 1 aliphatic rings. The number of ether oxygens (including phenoxy) is 2. The molecule has 2 aromatic carbocycles. The van der Waals surface area contributed by atoms with Crippen molar-refractivity contribution in [3.8, 4) is 0 Å². The van der Waals surface area contributed by atoms with Crippen molar-refractivity contribution < 1.29 is 28.7 Å². The summed E-state index contributed by atoms with van der Waals surface area (Å²) >= 11 is 0. The Labute approximate surface area is 174 Å². The van der Waals surface area contributed by atoms with Crippen LogP contribution in [-0.4, -0.2) is 43.9 Å². The first kappa shape index (κ1) is 21.2. The van der Waals surface area contributed by atoms with Crippen molar-refractivity contribution in [2.24, 2.45) is 5.92 Å². The average Bonchev–Trinajstić information content (AvgIpc) is 3.15. The fraction of sp³-hybridized carbons (Fsp3) is 0.304. The van der Waals surface area contributed by atoms with Crippen molar-refractivity contribution in [2.45, 2.75) is 20.3 Å². The van der Waals surface area contributed by atoms with Crippen LogP contribution in [0.4, 0.5) is 5.69 Å². The minimum atomic E-state index is -0.648. The predicted octanol–water partition coefficient (Wildman–Crippen LogP) is 2.87. The van der Waals surface area contributed by atoms with E-state index in [1.807, 2.05) is 19.9 Å². The third-order valence-corrected chi connectivity index (χ3v) is 5.23. The smallest absolute Gasteiger partial charge is 0.337 e. The van der Waals surface area contributed by atoms with Gasteiger partial charge in [-0.1, -0.05) is 12.1 Å². The van der Waals surface area contributed by atoms with Gasteiger partial charge in [0.05, 0.1) is 18.6 Å². The molecule has 1 fully saturated rings. The third-order valence-electron chi connectivity index (χ3n) is 5.23. The molecule has 30 heavy (non-hydrogen) atoms. The van der Waals surface area contributed by atoms with Crippen LogP contribution < -0.4 is 4.90 Å². The van der Waals surface area contributed by atoms with E-state index in [1.54, 1.807) is 36.4 Å². The van der Waals surface area contributed by atoms with Crippen LogP contribution in [0, 0.1) is 19.8 Å². The molecule has 0 aromatic heterocycles. The van der Waals surface area contributed by atoms with E-state index in [0.717, 1.165) is 11.1 Å². The summed E-state index contributed by atoms with van der Waals surface area (Å²) in [6, 6.07) is 11.7. The number of hydrogen-bond acceptors (Lipinski definition) is 6.